The van der Waals surface area contributed by atoms with Crippen LogP contribution in [0.3, 0.4) is 0 Å². The fourth-order valence-corrected chi connectivity index (χ4v) is 3.34. The summed E-state index contributed by atoms with van der Waals surface area (Å²) in [4.78, 5) is 5.53. The molecule has 21 heavy (non-hydrogen) atoms. The van der Waals surface area contributed by atoms with Crippen LogP contribution >= 0.6 is 11.3 Å². The Hall–Kier alpha value is -2.04. The molecule has 0 saturated heterocycles. The van der Waals surface area contributed by atoms with E-state index in [0.29, 0.717) is 17.1 Å². The van der Waals surface area contributed by atoms with E-state index in [4.69, 9.17) is 5.73 Å². The Labute approximate surface area is 127 Å². The largest absolute Gasteiger partial charge is 0.325 e. The van der Waals surface area contributed by atoms with Crippen LogP contribution in [-0.4, -0.2) is 4.98 Å². The molecule has 0 aliphatic carbocycles. The molecule has 0 spiro atoms. The Morgan fingerprint density at radius 3 is 2.57 bits per heavy atom. The van der Waals surface area contributed by atoms with Crippen molar-refractivity contribution in [3.05, 3.63) is 65.6 Å². The van der Waals surface area contributed by atoms with Gasteiger partial charge in [0.15, 0.2) is 0 Å². The fourth-order valence-electron chi connectivity index (χ4n) is 2.21. The van der Waals surface area contributed by atoms with Gasteiger partial charge in [0.05, 0.1) is 10.6 Å². The zero-order valence-electron chi connectivity index (χ0n) is 11.6. The van der Waals surface area contributed by atoms with Gasteiger partial charge in [-0.3, -0.25) is 0 Å². The number of hydrogen-bond acceptors (Lipinski definition) is 3. The maximum Gasteiger partial charge on any atom is 0.133 e. The van der Waals surface area contributed by atoms with Crippen LogP contribution in [0.4, 0.5) is 4.39 Å². The quantitative estimate of drug-likeness (QED) is 0.779. The van der Waals surface area contributed by atoms with E-state index in [1.165, 1.54) is 17.4 Å². The van der Waals surface area contributed by atoms with Gasteiger partial charge in [0.1, 0.15) is 10.8 Å². The maximum absolute atomic E-state index is 14.1. The SMILES string of the molecule is Cc1ccc(-c2nc(CN)c(-c3ccccc3)s2)c(F)c1. The maximum atomic E-state index is 14.1. The molecule has 1 aromatic heterocycles. The van der Waals surface area contributed by atoms with Crippen molar-refractivity contribution in [2.75, 3.05) is 0 Å². The van der Waals surface area contributed by atoms with Crippen LogP contribution in [0.25, 0.3) is 21.0 Å². The van der Waals surface area contributed by atoms with Crippen molar-refractivity contribution in [3.63, 3.8) is 0 Å². The number of aromatic nitrogens is 1. The summed E-state index contributed by atoms with van der Waals surface area (Å²) >= 11 is 1.48. The molecule has 2 nitrogen and oxygen atoms in total. The molecule has 0 bridgehead atoms. The Kier molecular flexibility index (Phi) is 3.82. The molecule has 0 atom stereocenters. The zero-order chi connectivity index (χ0) is 14.8. The van der Waals surface area contributed by atoms with E-state index in [1.54, 1.807) is 6.07 Å². The third kappa shape index (κ3) is 2.73. The molecule has 2 aromatic carbocycles. The first kappa shape index (κ1) is 13.9. The highest BCUT2D eigenvalue weighted by molar-refractivity contribution is 7.18. The van der Waals surface area contributed by atoms with Crippen LogP contribution < -0.4 is 5.73 Å². The number of nitrogens with zero attached hydrogens (tertiary/aromatic N) is 1. The molecule has 0 fully saturated rings. The summed E-state index contributed by atoms with van der Waals surface area (Å²) < 4.78 is 14.1. The van der Waals surface area contributed by atoms with Crippen molar-refractivity contribution in [2.45, 2.75) is 13.5 Å². The number of benzene rings is 2. The third-order valence-electron chi connectivity index (χ3n) is 3.28. The van der Waals surface area contributed by atoms with Crippen LogP contribution in [0, 0.1) is 12.7 Å². The van der Waals surface area contributed by atoms with Crippen molar-refractivity contribution < 1.29 is 4.39 Å². The fraction of sp³-hybridized carbons (Fsp3) is 0.118. The molecule has 1 heterocycles. The second kappa shape index (κ2) is 5.76. The van der Waals surface area contributed by atoms with E-state index in [2.05, 4.69) is 4.98 Å². The average Bonchev–Trinajstić information content (AvgIpc) is 2.92. The van der Waals surface area contributed by atoms with Crippen LogP contribution in [-0.2, 0) is 6.54 Å². The molecule has 0 aliphatic rings. The molecule has 3 aromatic rings. The van der Waals surface area contributed by atoms with E-state index in [9.17, 15) is 4.39 Å². The molecular formula is C17H15FN2S. The molecule has 4 heteroatoms. The number of halogens is 1. The van der Waals surface area contributed by atoms with Gasteiger partial charge in [-0.15, -0.1) is 11.3 Å². The van der Waals surface area contributed by atoms with Gasteiger partial charge < -0.3 is 5.73 Å². The monoisotopic (exact) mass is 298 g/mol. The number of thiazole rings is 1. The van der Waals surface area contributed by atoms with Gasteiger partial charge >= 0.3 is 0 Å². The van der Waals surface area contributed by atoms with Gasteiger partial charge in [0.2, 0.25) is 0 Å². The molecule has 0 amide bonds. The minimum Gasteiger partial charge on any atom is -0.325 e. The lowest BCUT2D eigenvalue weighted by Gasteiger charge is -2.00. The van der Waals surface area contributed by atoms with E-state index >= 15 is 0 Å². The van der Waals surface area contributed by atoms with Crippen LogP contribution in [0.15, 0.2) is 48.5 Å². The number of nitrogens with two attached hydrogens (primary N) is 1. The van der Waals surface area contributed by atoms with Crippen LogP contribution in [0.2, 0.25) is 0 Å². The number of hydrogen-bond donors (Lipinski definition) is 1. The highest BCUT2D eigenvalue weighted by Gasteiger charge is 2.15. The Bertz CT molecular complexity index is 766. The van der Waals surface area contributed by atoms with Gasteiger partial charge in [0.25, 0.3) is 0 Å². The molecule has 0 unspecified atom stereocenters. The smallest absolute Gasteiger partial charge is 0.133 e. The molecule has 2 N–H and O–H groups in total. The summed E-state index contributed by atoms with van der Waals surface area (Å²) in [6, 6.07) is 15.1. The lowest BCUT2D eigenvalue weighted by Crippen LogP contribution is -1.98. The molecule has 3 rings (SSSR count). The molecular weight excluding hydrogens is 283 g/mol. The zero-order valence-corrected chi connectivity index (χ0v) is 12.5. The van der Waals surface area contributed by atoms with Gasteiger partial charge in [-0.05, 0) is 30.2 Å². The summed E-state index contributed by atoms with van der Waals surface area (Å²) in [6.07, 6.45) is 0. The van der Waals surface area contributed by atoms with E-state index < -0.39 is 0 Å². The second-order valence-corrected chi connectivity index (χ2v) is 5.85. The van der Waals surface area contributed by atoms with Gasteiger partial charge in [-0.25, -0.2) is 9.37 Å². The van der Waals surface area contributed by atoms with Crippen LogP contribution in [0.5, 0.6) is 0 Å². The molecule has 0 aliphatic heterocycles. The van der Waals surface area contributed by atoms with Crippen LogP contribution in [0.1, 0.15) is 11.3 Å². The summed E-state index contributed by atoms with van der Waals surface area (Å²) in [5, 5.41) is 0.673. The molecule has 106 valence electrons. The normalized spacial score (nSPS) is 10.8. The first-order chi connectivity index (χ1) is 10.2. The van der Waals surface area contributed by atoms with Crippen molar-refractivity contribution >= 4 is 11.3 Å². The first-order valence-electron chi connectivity index (χ1n) is 6.70. The van der Waals surface area contributed by atoms with Gasteiger partial charge in [-0.2, -0.15) is 0 Å². The number of aryl methyl sites for hydroxylation is 1. The molecule has 0 radical (unpaired) electrons. The van der Waals surface area contributed by atoms with Crippen molar-refractivity contribution in [3.8, 4) is 21.0 Å². The molecule has 0 saturated carbocycles. The van der Waals surface area contributed by atoms with E-state index in [-0.39, 0.29) is 5.82 Å². The lowest BCUT2D eigenvalue weighted by atomic mass is 10.1. The summed E-state index contributed by atoms with van der Waals surface area (Å²) in [5.41, 5.74) is 9.09. The van der Waals surface area contributed by atoms with Gasteiger partial charge in [-0.1, -0.05) is 36.4 Å². The second-order valence-electron chi connectivity index (χ2n) is 4.85. The highest BCUT2D eigenvalue weighted by atomic mass is 32.1. The minimum absolute atomic E-state index is 0.244. The first-order valence-corrected chi connectivity index (χ1v) is 7.52. The van der Waals surface area contributed by atoms with Crippen molar-refractivity contribution in [2.24, 2.45) is 5.73 Å². The Morgan fingerprint density at radius 2 is 1.90 bits per heavy atom. The standard InChI is InChI=1S/C17H15FN2S/c1-11-7-8-13(14(18)9-11)17-20-15(10-19)16(21-17)12-5-3-2-4-6-12/h2-9H,10,19H2,1H3. The summed E-state index contributed by atoms with van der Waals surface area (Å²) in [7, 11) is 0. The van der Waals surface area contributed by atoms with E-state index in [0.717, 1.165) is 21.7 Å². The van der Waals surface area contributed by atoms with Crippen molar-refractivity contribution in [1.29, 1.82) is 0 Å². The lowest BCUT2D eigenvalue weighted by molar-refractivity contribution is 0.630. The van der Waals surface area contributed by atoms with Crippen molar-refractivity contribution in [1.82, 2.24) is 4.98 Å². The Morgan fingerprint density at radius 1 is 1.14 bits per heavy atom. The topological polar surface area (TPSA) is 38.9 Å². The summed E-state index contributed by atoms with van der Waals surface area (Å²) in [5.74, 6) is -0.244. The highest BCUT2D eigenvalue weighted by Crippen LogP contribution is 2.36. The minimum atomic E-state index is -0.244. The predicted molar refractivity (Wildman–Crippen MR) is 85.6 cm³/mol. The average molecular weight is 298 g/mol. The summed E-state index contributed by atoms with van der Waals surface area (Å²) in [6.45, 7) is 2.21. The Balaban J connectivity index is 2.12. The van der Waals surface area contributed by atoms with Gasteiger partial charge in [0, 0.05) is 12.1 Å². The van der Waals surface area contributed by atoms with E-state index in [1.807, 2.05) is 43.3 Å². The third-order valence-corrected chi connectivity index (χ3v) is 4.46. The predicted octanol–water partition coefficient (Wildman–Crippen LogP) is 4.38. The number of rotatable bonds is 3.